The number of aromatic nitrogens is 1. The molecule has 0 atom stereocenters. The van der Waals surface area contributed by atoms with E-state index in [4.69, 9.17) is 0 Å². The van der Waals surface area contributed by atoms with Crippen molar-refractivity contribution in [1.82, 2.24) is 9.88 Å². The molecule has 1 aromatic heterocycles. The second-order valence-corrected chi connectivity index (χ2v) is 18.9. The number of hydrogen-bond donors (Lipinski definition) is 3. The third-order valence-electron chi connectivity index (χ3n) is 9.93. The Labute approximate surface area is 305 Å². The van der Waals surface area contributed by atoms with Crippen LogP contribution in [0.15, 0.2) is 60.7 Å². The second-order valence-electron chi connectivity index (χ2n) is 18.9. The SMILES string of the molecule is Cc1cc(C)c(-c2ccc(CN(CCNc3cc(C(C)(C)C)cc(C(C)(C)C)c3)CCNc3cc(C(C)(C)C)cc(C(C)(C)C)c3)[nH]2)c(C)c1. The molecule has 50 heavy (non-hydrogen) atoms. The van der Waals surface area contributed by atoms with E-state index >= 15 is 0 Å². The van der Waals surface area contributed by atoms with E-state index in [1.54, 1.807) is 0 Å². The van der Waals surface area contributed by atoms with Gasteiger partial charge in [-0.1, -0.05) is 113 Å². The number of nitrogens with zero attached hydrogens (tertiary/aromatic N) is 1. The monoisotopic (exact) mass is 677 g/mol. The number of nitrogens with one attached hydrogen (secondary N) is 3. The first-order chi connectivity index (χ1) is 23.0. The van der Waals surface area contributed by atoms with Crippen molar-refractivity contribution >= 4 is 11.4 Å². The highest BCUT2D eigenvalue weighted by atomic mass is 15.2. The van der Waals surface area contributed by atoms with E-state index in [0.717, 1.165) is 32.7 Å². The largest absolute Gasteiger partial charge is 0.384 e. The average molecular weight is 677 g/mol. The Balaban J connectivity index is 1.56. The Morgan fingerprint density at radius 1 is 0.520 bits per heavy atom. The van der Waals surface area contributed by atoms with Gasteiger partial charge in [-0.05, 0) is 112 Å². The summed E-state index contributed by atoms with van der Waals surface area (Å²) in [6.07, 6.45) is 0. The van der Waals surface area contributed by atoms with Crippen LogP contribution in [0.4, 0.5) is 11.4 Å². The van der Waals surface area contributed by atoms with Gasteiger partial charge in [-0.2, -0.15) is 0 Å². The normalized spacial score (nSPS) is 12.9. The zero-order valence-electron chi connectivity index (χ0n) is 34.3. The van der Waals surface area contributed by atoms with Gasteiger partial charge in [0.05, 0.1) is 0 Å². The molecule has 0 aliphatic rings. The van der Waals surface area contributed by atoms with Crippen molar-refractivity contribution in [3.05, 3.63) is 105 Å². The summed E-state index contributed by atoms with van der Waals surface area (Å²) in [6.45, 7) is 38.7. The van der Waals surface area contributed by atoms with Crippen LogP contribution < -0.4 is 10.6 Å². The van der Waals surface area contributed by atoms with Gasteiger partial charge in [-0.25, -0.2) is 0 Å². The molecule has 0 saturated heterocycles. The first kappa shape index (κ1) is 39.3. The standard InChI is InChI=1S/C46H68N4/c1-31-22-32(2)42(33(3)23-31)41-17-16-38(49-41)30-50(20-18-47-39-26-34(43(4,5)6)24-35(27-39)44(7,8)9)21-19-48-40-28-36(45(10,11)12)25-37(29-40)46(13,14)15/h16-17,22-29,47-49H,18-21,30H2,1-15H3. The smallest absolute Gasteiger partial charge is 0.0461 e. The molecule has 3 N–H and O–H groups in total. The fraction of sp³-hybridized carbons (Fsp3) is 0.522. The zero-order valence-corrected chi connectivity index (χ0v) is 34.3. The van der Waals surface area contributed by atoms with Crippen molar-refractivity contribution in [2.75, 3.05) is 36.8 Å². The second kappa shape index (κ2) is 15.0. The molecular weight excluding hydrogens is 609 g/mol. The summed E-state index contributed by atoms with van der Waals surface area (Å²) in [5, 5.41) is 7.64. The molecule has 0 radical (unpaired) electrons. The molecule has 1 heterocycles. The summed E-state index contributed by atoms with van der Waals surface area (Å²) in [5.74, 6) is 0. The van der Waals surface area contributed by atoms with Crippen molar-refractivity contribution in [3.8, 4) is 11.3 Å². The first-order valence-corrected chi connectivity index (χ1v) is 18.8. The molecule has 4 nitrogen and oxygen atoms in total. The minimum Gasteiger partial charge on any atom is -0.384 e. The number of rotatable bonds is 11. The molecule has 0 unspecified atom stereocenters. The third kappa shape index (κ3) is 10.5. The van der Waals surface area contributed by atoms with Crippen LogP contribution in [0.1, 0.15) is 128 Å². The van der Waals surface area contributed by atoms with Crippen LogP contribution in [-0.4, -0.2) is 36.1 Å². The summed E-state index contributed by atoms with van der Waals surface area (Å²) in [5.41, 5.74) is 16.0. The highest BCUT2D eigenvalue weighted by Gasteiger charge is 2.22. The number of anilines is 2. The molecule has 0 aliphatic carbocycles. The Morgan fingerprint density at radius 2 is 0.900 bits per heavy atom. The van der Waals surface area contributed by atoms with Crippen molar-refractivity contribution in [1.29, 1.82) is 0 Å². The lowest BCUT2D eigenvalue weighted by atomic mass is 9.80. The first-order valence-electron chi connectivity index (χ1n) is 18.8. The molecule has 272 valence electrons. The maximum Gasteiger partial charge on any atom is 0.0461 e. The molecular formula is C46H68N4. The average Bonchev–Trinajstić information content (AvgIpc) is 3.42. The van der Waals surface area contributed by atoms with Gasteiger partial charge in [0.1, 0.15) is 0 Å². The third-order valence-corrected chi connectivity index (χ3v) is 9.93. The van der Waals surface area contributed by atoms with Crippen LogP contribution in [-0.2, 0) is 28.2 Å². The molecule has 0 amide bonds. The summed E-state index contributed by atoms with van der Waals surface area (Å²) in [7, 11) is 0. The molecule has 0 aliphatic heterocycles. The fourth-order valence-electron chi connectivity index (χ4n) is 6.70. The van der Waals surface area contributed by atoms with Gasteiger partial charge in [-0.15, -0.1) is 0 Å². The lowest BCUT2D eigenvalue weighted by Gasteiger charge is -2.28. The lowest BCUT2D eigenvalue weighted by Crippen LogP contribution is -2.33. The lowest BCUT2D eigenvalue weighted by molar-refractivity contribution is 0.284. The minimum absolute atomic E-state index is 0.0893. The quantitative estimate of drug-likeness (QED) is 0.148. The van der Waals surface area contributed by atoms with E-state index in [1.165, 1.54) is 67.3 Å². The highest BCUT2D eigenvalue weighted by Crippen LogP contribution is 2.34. The molecule has 3 aromatic carbocycles. The molecule has 4 heteroatoms. The van der Waals surface area contributed by atoms with Crippen LogP contribution in [0.5, 0.6) is 0 Å². The van der Waals surface area contributed by atoms with E-state index in [-0.39, 0.29) is 21.7 Å². The van der Waals surface area contributed by atoms with E-state index < -0.39 is 0 Å². The van der Waals surface area contributed by atoms with Gasteiger partial charge in [0.15, 0.2) is 0 Å². The molecule has 4 rings (SSSR count). The number of H-pyrrole nitrogens is 1. The summed E-state index contributed by atoms with van der Waals surface area (Å²) in [4.78, 5) is 6.36. The van der Waals surface area contributed by atoms with Crippen molar-refractivity contribution in [3.63, 3.8) is 0 Å². The molecule has 0 saturated carbocycles. The van der Waals surface area contributed by atoms with Crippen molar-refractivity contribution in [2.45, 2.75) is 132 Å². The topological polar surface area (TPSA) is 43.1 Å². The van der Waals surface area contributed by atoms with Crippen LogP contribution >= 0.6 is 0 Å². The fourth-order valence-corrected chi connectivity index (χ4v) is 6.70. The molecule has 4 aromatic rings. The molecule has 0 spiro atoms. The number of hydrogen-bond acceptors (Lipinski definition) is 3. The minimum atomic E-state index is 0.0893. The maximum atomic E-state index is 3.82. The van der Waals surface area contributed by atoms with Crippen molar-refractivity contribution < 1.29 is 0 Å². The van der Waals surface area contributed by atoms with E-state index in [2.05, 4.69) is 185 Å². The zero-order chi connectivity index (χ0) is 37.2. The summed E-state index contributed by atoms with van der Waals surface area (Å²) in [6, 6.07) is 23.3. The molecule has 0 bridgehead atoms. The van der Waals surface area contributed by atoms with E-state index in [9.17, 15) is 0 Å². The van der Waals surface area contributed by atoms with Gasteiger partial charge in [0.2, 0.25) is 0 Å². The highest BCUT2D eigenvalue weighted by molar-refractivity contribution is 5.68. The van der Waals surface area contributed by atoms with Crippen LogP contribution in [0.25, 0.3) is 11.3 Å². The number of aryl methyl sites for hydroxylation is 3. The predicted molar refractivity (Wildman–Crippen MR) is 220 cm³/mol. The van der Waals surface area contributed by atoms with Gasteiger partial charge < -0.3 is 15.6 Å². The van der Waals surface area contributed by atoms with Gasteiger partial charge in [-0.3, -0.25) is 4.90 Å². The van der Waals surface area contributed by atoms with Crippen LogP contribution in [0.2, 0.25) is 0 Å². The van der Waals surface area contributed by atoms with Gasteiger partial charge >= 0.3 is 0 Å². The maximum absolute atomic E-state index is 3.82. The van der Waals surface area contributed by atoms with Crippen LogP contribution in [0.3, 0.4) is 0 Å². The number of benzene rings is 3. The van der Waals surface area contributed by atoms with E-state index in [0.29, 0.717) is 0 Å². The van der Waals surface area contributed by atoms with E-state index in [1.807, 2.05) is 0 Å². The predicted octanol–water partition coefficient (Wildman–Crippen LogP) is 11.8. The van der Waals surface area contributed by atoms with Crippen molar-refractivity contribution in [2.24, 2.45) is 0 Å². The van der Waals surface area contributed by atoms with Gasteiger partial charge in [0.25, 0.3) is 0 Å². The number of aromatic amines is 1. The molecule has 0 fully saturated rings. The van der Waals surface area contributed by atoms with Gasteiger partial charge in [0, 0.05) is 61.0 Å². The Morgan fingerprint density at radius 3 is 1.26 bits per heavy atom. The van der Waals surface area contributed by atoms with Crippen LogP contribution in [0, 0.1) is 20.8 Å². The summed E-state index contributed by atoms with van der Waals surface area (Å²) < 4.78 is 0. The Bertz CT molecular complexity index is 1580. The Kier molecular flexibility index (Phi) is 11.8. The summed E-state index contributed by atoms with van der Waals surface area (Å²) >= 11 is 0. The Hall–Kier alpha value is -3.50.